The van der Waals surface area contributed by atoms with E-state index in [1.54, 1.807) is 12.4 Å². The normalized spacial score (nSPS) is 17.8. The zero-order valence-electron chi connectivity index (χ0n) is 30.1. The summed E-state index contributed by atoms with van der Waals surface area (Å²) >= 11 is 0. The fourth-order valence-corrected chi connectivity index (χ4v) is 7.08. The highest BCUT2D eigenvalue weighted by Gasteiger charge is 2.28. The lowest BCUT2D eigenvalue weighted by atomic mass is 9.96. The molecule has 0 bridgehead atoms. The number of benzene rings is 1. The number of pyridine rings is 2. The maximum atomic E-state index is 9.00. The lowest BCUT2D eigenvalue weighted by Crippen LogP contribution is -2.29. The second kappa shape index (κ2) is 17.0. The van der Waals surface area contributed by atoms with Crippen LogP contribution in [0.25, 0.3) is 11.1 Å². The molecule has 0 unspecified atom stereocenters. The third kappa shape index (κ3) is 9.43. The van der Waals surface area contributed by atoms with Crippen LogP contribution in [0.3, 0.4) is 0 Å². The minimum absolute atomic E-state index is 0.361. The molecule has 1 saturated carbocycles. The summed E-state index contributed by atoms with van der Waals surface area (Å²) in [5.41, 5.74) is 10.5. The molecule has 0 radical (unpaired) electrons. The molecule has 50 heavy (non-hydrogen) atoms. The van der Waals surface area contributed by atoms with E-state index in [-0.39, 0.29) is 0 Å². The molecule has 0 atom stereocenters. The van der Waals surface area contributed by atoms with Crippen LogP contribution in [-0.2, 0) is 6.54 Å². The highest BCUT2D eigenvalue weighted by Crippen LogP contribution is 2.40. The Morgan fingerprint density at radius 3 is 2.36 bits per heavy atom. The van der Waals surface area contributed by atoms with Crippen molar-refractivity contribution in [2.45, 2.75) is 71.3 Å². The van der Waals surface area contributed by atoms with Gasteiger partial charge in [0, 0.05) is 68.0 Å². The summed E-state index contributed by atoms with van der Waals surface area (Å²) in [4.78, 5) is 20.2. The van der Waals surface area contributed by atoms with Gasteiger partial charge in [-0.2, -0.15) is 0 Å². The first-order chi connectivity index (χ1) is 24.4. The average Bonchev–Trinajstić information content (AvgIpc) is 3.88. The second-order valence-electron chi connectivity index (χ2n) is 14.3. The molecule has 2 saturated heterocycles. The van der Waals surface area contributed by atoms with Crippen LogP contribution < -0.4 is 10.2 Å². The van der Waals surface area contributed by atoms with Gasteiger partial charge in [-0.3, -0.25) is 30.2 Å². The summed E-state index contributed by atoms with van der Waals surface area (Å²) in [6.45, 7) is 17.6. The fourth-order valence-electron chi connectivity index (χ4n) is 7.08. The van der Waals surface area contributed by atoms with Crippen molar-refractivity contribution in [1.82, 2.24) is 19.8 Å². The molecule has 2 N–H and O–H groups in total. The number of hydrogen-bond donors (Lipinski definition) is 2. The third-order valence-electron chi connectivity index (χ3n) is 10.3. The Kier molecular flexibility index (Phi) is 12.1. The van der Waals surface area contributed by atoms with E-state index < -0.39 is 0 Å². The van der Waals surface area contributed by atoms with E-state index in [1.165, 1.54) is 75.6 Å². The fraction of sp³-hybridized carbons (Fsp3) is 0.429. The van der Waals surface area contributed by atoms with E-state index >= 15 is 0 Å². The first kappa shape index (κ1) is 35.4. The van der Waals surface area contributed by atoms with Crippen LogP contribution in [0, 0.1) is 18.3 Å². The van der Waals surface area contributed by atoms with Gasteiger partial charge in [0.05, 0.1) is 29.0 Å². The van der Waals surface area contributed by atoms with Crippen molar-refractivity contribution >= 4 is 23.3 Å². The number of aliphatic imine (C=N–C) groups is 1. The van der Waals surface area contributed by atoms with E-state index in [2.05, 4.69) is 72.4 Å². The van der Waals surface area contributed by atoms with E-state index in [4.69, 9.17) is 5.41 Å². The van der Waals surface area contributed by atoms with Crippen molar-refractivity contribution < 1.29 is 0 Å². The lowest BCUT2D eigenvalue weighted by molar-refractivity contribution is 0.220. The molecule has 262 valence electrons. The van der Waals surface area contributed by atoms with Crippen LogP contribution in [0.15, 0.2) is 96.4 Å². The summed E-state index contributed by atoms with van der Waals surface area (Å²) in [7, 11) is 2.04. The summed E-state index contributed by atoms with van der Waals surface area (Å²) < 4.78 is 0. The number of anilines is 2. The molecule has 7 rings (SSSR count). The molecule has 3 aromatic rings. The zero-order chi connectivity index (χ0) is 34.9. The molecule has 0 amide bonds. The quantitative estimate of drug-likeness (QED) is 0.188. The predicted octanol–water partition coefficient (Wildman–Crippen LogP) is 8.62. The predicted molar refractivity (Wildman–Crippen MR) is 209 cm³/mol. The number of nitrogens with one attached hydrogen (secondary N) is 2. The standard InChI is InChI=1S/C32H38N6.C10H16N2/c1-22-8-9-27(28-16-25(18-35-19-28)21-38-14-6-5-7-15-38)17-29(22)32(33)23(2)36-30-20-34-13-12-31(30)37(4)24(3)26-10-11-26;1-2-7-12(6-1)9-10-4-3-5-11-8-10/h8-9,12-13,16-20,26,33,36H,2-3,5-7,10-11,14-15,21H2,1,4H3;5,8H,1-4,6-7,9H2. The van der Waals surface area contributed by atoms with Crippen LogP contribution in [0.2, 0.25) is 0 Å². The Balaban J connectivity index is 0.000000302. The molecule has 1 aromatic carbocycles. The minimum atomic E-state index is 0.361. The highest BCUT2D eigenvalue weighted by atomic mass is 15.1. The topological polar surface area (TPSA) is 83.7 Å². The monoisotopic (exact) mass is 670 g/mol. The van der Waals surface area contributed by atoms with E-state index in [9.17, 15) is 0 Å². The van der Waals surface area contributed by atoms with Gasteiger partial charge in [-0.15, -0.1) is 0 Å². The SMILES string of the molecule is C1=NC=C(CN2CCCC2)CC1.C=C(Nc1cnccc1N(C)C(=C)C1CC1)C(=N)c1cc(-c2cncc(CN3CCCCC3)c2)ccc1C. The largest absolute Gasteiger partial charge is 0.351 e. The Morgan fingerprint density at radius 1 is 0.900 bits per heavy atom. The molecule has 0 spiro atoms. The van der Waals surface area contributed by atoms with Crippen molar-refractivity contribution in [2.24, 2.45) is 10.9 Å². The van der Waals surface area contributed by atoms with E-state index in [1.807, 2.05) is 44.8 Å². The molecule has 3 fully saturated rings. The highest BCUT2D eigenvalue weighted by molar-refractivity contribution is 6.13. The smallest absolute Gasteiger partial charge is 0.0843 e. The van der Waals surface area contributed by atoms with E-state index in [0.717, 1.165) is 71.9 Å². The van der Waals surface area contributed by atoms with Gasteiger partial charge in [-0.25, -0.2) is 0 Å². The number of piperidine rings is 1. The van der Waals surface area contributed by atoms with Gasteiger partial charge in [0.1, 0.15) is 0 Å². The maximum absolute atomic E-state index is 9.00. The lowest BCUT2D eigenvalue weighted by Gasteiger charge is -2.26. The Hall–Kier alpha value is -4.40. The number of allylic oxidation sites excluding steroid dienone is 2. The summed E-state index contributed by atoms with van der Waals surface area (Å²) in [5.74, 6) is 0.556. The molecular weight excluding hydrogens is 617 g/mol. The Labute approximate surface area is 299 Å². The number of aryl methyl sites for hydroxylation is 1. The molecule has 5 heterocycles. The van der Waals surface area contributed by atoms with Crippen molar-refractivity contribution in [1.29, 1.82) is 5.41 Å². The first-order valence-corrected chi connectivity index (χ1v) is 18.5. The minimum Gasteiger partial charge on any atom is -0.351 e. The molecule has 3 aliphatic heterocycles. The van der Waals surface area contributed by atoms with Gasteiger partial charge in [0.15, 0.2) is 0 Å². The second-order valence-corrected chi connectivity index (χ2v) is 14.3. The van der Waals surface area contributed by atoms with Gasteiger partial charge in [-0.1, -0.05) is 31.7 Å². The van der Waals surface area contributed by atoms with Crippen LogP contribution in [0.5, 0.6) is 0 Å². The molecular formula is C42H54N8. The summed E-state index contributed by atoms with van der Waals surface area (Å²) in [5, 5.41) is 12.4. The van der Waals surface area contributed by atoms with Gasteiger partial charge < -0.3 is 10.2 Å². The maximum Gasteiger partial charge on any atom is 0.0843 e. The molecule has 8 nitrogen and oxygen atoms in total. The van der Waals surface area contributed by atoms with Crippen LogP contribution >= 0.6 is 0 Å². The van der Waals surface area contributed by atoms with Crippen LogP contribution in [-0.4, -0.2) is 71.5 Å². The number of nitrogens with zero attached hydrogens (tertiary/aromatic N) is 6. The molecule has 4 aliphatic rings. The van der Waals surface area contributed by atoms with Crippen molar-refractivity contribution in [3.63, 3.8) is 0 Å². The third-order valence-corrected chi connectivity index (χ3v) is 10.3. The first-order valence-electron chi connectivity index (χ1n) is 18.5. The summed E-state index contributed by atoms with van der Waals surface area (Å²) in [6.07, 6.45) is 22.9. The molecule has 1 aliphatic carbocycles. The van der Waals surface area contributed by atoms with Gasteiger partial charge >= 0.3 is 0 Å². The number of hydrogen-bond acceptors (Lipinski definition) is 8. The van der Waals surface area contributed by atoms with Crippen molar-refractivity contribution in [3.8, 4) is 11.1 Å². The number of likely N-dealkylation sites (tertiary alicyclic amines) is 2. The van der Waals surface area contributed by atoms with Crippen molar-refractivity contribution in [2.75, 3.05) is 50.0 Å². The Bertz CT molecular complexity index is 1720. The van der Waals surface area contributed by atoms with Crippen LogP contribution in [0.1, 0.15) is 74.5 Å². The summed E-state index contributed by atoms with van der Waals surface area (Å²) in [6, 6.07) is 10.5. The van der Waals surface area contributed by atoms with Gasteiger partial charge in [0.2, 0.25) is 0 Å². The average molecular weight is 671 g/mol. The Morgan fingerprint density at radius 2 is 1.64 bits per heavy atom. The zero-order valence-corrected chi connectivity index (χ0v) is 30.1. The number of aromatic nitrogens is 2. The number of rotatable bonds is 12. The van der Waals surface area contributed by atoms with Gasteiger partial charge in [0.25, 0.3) is 0 Å². The van der Waals surface area contributed by atoms with Crippen LogP contribution in [0.4, 0.5) is 11.4 Å². The van der Waals surface area contributed by atoms with Crippen molar-refractivity contribution in [3.05, 3.63) is 108 Å². The van der Waals surface area contributed by atoms with E-state index in [0.29, 0.717) is 17.3 Å². The molecule has 8 heteroatoms. The van der Waals surface area contributed by atoms with Gasteiger partial charge in [-0.05, 0) is 131 Å². The molecule has 2 aromatic heterocycles.